The maximum atomic E-state index is 13.1. The van der Waals surface area contributed by atoms with E-state index in [1.165, 1.54) is 7.05 Å². The Morgan fingerprint density at radius 2 is 0.931 bits per heavy atom. The monoisotopic (exact) mass is 399 g/mol. The second-order valence-corrected chi connectivity index (χ2v) is 8.53. The molecule has 0 bridgehead atoms. The van der Waals surface area contributed by atoms with Crippen molar-refractivity contribution >= 4 is 10.0 Å². The summed E-state index contributed by atoms with van der Waals surface area (Å²) in [5.74, 6) is 0. The van der Waals surface area contributed by atoms with Crippen molar-refractivity contribution in [1.29, 1.82) is 0 Å². The fourth-order valence-electron chi connectivity index (χ4n) is 3.48. The molecular weight excluding hydrogens is 378 g/mol. The van der Waals surface area contributed by atoms with Crippen LogP contribution in [0.3, 0.4) is 0 Å². The van der Waals surface area contributed by atoms with Crippen molar-refractivity contribution in [1.82, 2.24) is 4.72 Å². The van der Waals surface area contributed by atoms with Crippen molar-refractivity contribution in [2.75, 3.05) is 7.05 Å². The summed E-state index contributed by atoms with van der Waals surface area (Å²) in [7, 11) is -2.26. The molecule has 0 saturated heterocycles. The zero-order chi connectivity index (χ0) is 20.3. The van der Waals surface area contributed by atoms with Crippen LogP contribution in [0.5, 0.6) is 0 Å². The van der Waals surface area contributed by atoms with E-state index in [1.54, 1.807) is 0 Å². The highest BCUT2D eigenvalue weighted by Gasteiger charge is 2.24. The van der Waals surface area contributed by atoms with Gasteiger partial charge in [0, 0.05) is 11.1 Å². The third-order valence-corrected chi connectivity index (χ3v) is 6.42. The van der Waals surface area contributed by atoms with Gasteiger partial charge >= 0.3 is 0 Å². The smallest absolute Gasteiger partial charge is 0.214 e. The standard InChI is InChI=1S/C25H21NO2S/c1-26-29(27,28)25-23(20-13-7-3-8-14-20)17-22(19-11-5-2-6-12-19)18-24(25)21-15-9-4-10-16-21/h2-18,26H,1H3. The van der Waals surface area contributed by atoms with Gasteiger partial charge in [0.05, 0.1) is 4.90 Å². The summed E-state index contributed by atoms with van der Waals surface area (Å²) in [6.07, 6.45) is 0. The van der Waals surface area contributed by atoms with Gasteiger partial charge in [-0.05, 0) is 41.4 Å². The third-order valence-electron chi connectivity index (χ3n) is 4.90. The molecule has 0 aliphatic heterocycles. The van der Waals surface area contributed by atoms with Gasteiger partial charge in [0.1, 0.15) is 0 Å². The molecule has 1 N–H and O–H groups in total. The number of hydrogen-bond acceptors (Lipinski definition) is 2. The molecule has 0 amide bonds. The highest BCUT2D eigenvalue weighted by atomic mass is 32.2. The first kappa shape index (κ1) is 19.1. The van der Waals surface area contributed by atoms with Gasteiger partial charge in [-0.15, -0.1) is 0 Å². The summed E-state index contributed by atoms with van der Waals surface area (Å²) in [6, 6.07) is 33.2. The Kier molecular flexibility index (Phi) is 5.30. The molecule has 4 heteroatoms. The van der Waals surface area contributed by atoms with Crippen LogP contribution in [0.25, 0.3) is 33.4 Å². The largest absolute Gasteiger partial charge is 0.241 e. The summed E-state index contributed by atoms with van der Waals surface area (Å²) in [5.41, 5.74) is 5.08. The number of sulfonamides is 1. The summed E-state index contributed by atoms with van der Waals surface area (Å²) in [4.78, 5) is 0.289. The number of benzene rings is 4. The molecule has 0 aliphatic rings. The van der Waals surface area contributed by atoms with Crippen LogP contribution in [0.15, 0.2) is 108 Å². The molecule has 0 aromatic heterocycles. The van der Waals surface area contributed by atoms with Crippen LogP contribution in [-0.2, 0) is 10.0 Å². The van der Waals surface area contributed by atoms with Crippen LogP contribution in [0.4, 0.5) is 0 Å². The average Bonchev–Trinajstić information content (AvgIpc) is 2.80. The Morgan fingerprint density at radius 3 is 1.31 bits per heavy atom. The minimum absolute atomic E-state index is 0.289. The number of nitrogens with one attached hydrogen (secondary N) is 1. The molecule has 3 nitrogen and oxygen atoms in total. The SMILES string of the molecule is CNS(=O)(=O)c1c(-c2ccccc2)cc(-c2ccccc2)cc1-c1ccccc1. The molecule has 4 rings (SSSR count). The first-order valence-electron chi connectivity index (χ1n) is 9.38. The Labute approximate surface area is 171 Å². The summed E-state index contributed by atoms with van der Waals surface area (Å²) >= 11 is 0. The van der Waals surface area contributed by atoms with Crippen LogP contribution in [-0.4, -0.2) is 15.5 Å². The van der Waals surface area contributed by atoms with E-state index in [0.717, 1.165) is 22.3 Å². The van der Waals surface area contributed by atoms with Gasteiger partial charge in [-0.2, -0.15) is 0 Å². The molecule has 0 spiro atoms. The van der Waals surface area contributed by atoms with E-state index in [0.29, 0.717) is 11.1 Å². The highest BCUT2D eigenvalue weighted by molar-refractivity contribution is 7.89. The van der Waals surface area contributed by atoms with E-state index in [-0.39, 0.29) is 4.90 Å². The van der Waals surface area contributed by atoms with Gasteiger partial charge in [0.15, 0.2) is 0 Å². The fraction of sp³-hybridized carbons (Fsp3) is 0.0400. The van der Waals surface area contributed by atoms with Crippen LogP contribution in [0.2, 0.25) is 0 Å². The fourth-order valence-corrected chi connectivity index (χ4v) is 4.62. The lowest BCUT2D eigenvalue weighted by atomic mass is 9.93. The Balaban J connectivity index is 2.12. The Bertz CT molecular complexity index is 1160. The Hall–Kier alpha value is -3.21. The van der Waals surface area contributed by atoms with E-state index in [1.807, 2.05) is 103 Å². The van der Waals surface area contributed by atoms with Gasteiger partial charge in [-0.3, -0.25) is 0 Å². The second-order valence-electron chi connectivity index (χ2n) is 6.71. The molecule has 0 radical (unpaired) electrons. The van der Waals surface area contributed by atoms with Gasteiger partial charge in [0.25, 0.3) is 0 Å². The quantitative estimate of drug-likeness (QED) is 0.475. The van der Waals surface area contributed by atoms with E-state index >= 15 is 0 Å². The van der Waals surface area contributed by atoms with Crippen LogP contribution in [0, 0.1) is 0 Å². The van der Waals surface area contributed by atoms with Crippen LogP contribution >= 0.6 is 0 Å². The first-order chi connectivity index (χ1) is 14.1. The van der Waals surface area contributed by atoms with Crippen molar-refractivity contribution < 1.29 is 8.42 Å². The molecule has 0 fully saturated rings. The molecule has 4 aromatic rings. The molecule has 0 heterocycles. The number of rotatable bonds is 5. The van der Waals surface area contributed by atoms with Crippen LogP contribution in [0.1, 0.15) is 0 Å². The zero-order valence-electron chi connectivity index (χ0n) is 16.0. The molecular formula is C25H21NO2S. The molecule has 0 aliphatic carbocycles. The number of hydrogen-bond donors (Lipinski definition) is 1. The van der Waals surface area contributed by atoms with Gasteiger partial charge in [0.2, 0.25) is 10.0 Å². The van der Waals surface area contributed by atoms with Crippen molar-refractivity contribution in [2.24, 2.45) is 0 Å². The second kappa shape index (κ2) is 8.03. The minimum Gasteiger partial charge on any atom is -0.214 e. The average molecular weight is 400 g/mol. The van der Waals surface area contributed by atoms with Crippen molar-refractivity contribution in [3.8, 4) is 33.4 Å². The minimum atomic E-state index is -3.70. The lowest BCUT2D eigenvalue weighted by Gasteiger charge is -2.18. The third kappa shape index (κ3) is 3.86. The van der Waals surface area contributed by atoms with E-state index in [4.69, 9.17) is 0 Å². The first-order valence-corrected chi connectivity index (χ1v) is 10.9. The van der Waals surface area contributed by atoms with E-state index in [2.05, 4.69) is 4.72 Å². The van der Waals surface area contributed by atoms with Gasteiger partial charge in [-0.25, -0.2) is 13.1 Å². The molecule has 0 atom stereocenters. The van der Waals surface area contributed by atoms with E-state index < -0.39 is 10.0 Å². The highest BCUT2D eigenvalue weighted by Crippen LogP contribution is 2.39. The maximum absolute atomic E-state index is 13.1. The van der Waals surface area contributed by atoms with Crippen molar-refractivity contribution in [3.63, 3.8) is 0 Å². The van der Waals surface area contributed by atoms with Gasteiger partial charge < -0.3 is 0 Å². The predicted molar refractivity (Wildman–Crippen MR) is 119 cm³/mol. The van der Waals surface area contributed by atoms with E-state index in [9.17, 15) is 8.42 Å². The molecule has 144 valence electrons. The van der Waals surface area contributed by atoms with Gasteiger partial charge in [-0.1, -0.05) is 91.0 Å². The zero-order valence-corrected chi connectivity index (χ0v) is 16.9. The normalized spacial score (nSPS) is 11.3. The molecule has 0 unspecified atom stereocenters. The van der Waals surface area contributed by atoms with Crippen molar-refractivity contribution in [2.45, 2.75) is 4.90 Å². The predicted octanol–water partition coefficient (Wildman–Crippen LogP) is 5.60. The molecule has 0 saturated carbocycles. The summed E-state index contributed by atoms with van der Waals surface area (Å²) in [5, 5.41) is 0. The summed E-state index contributed by atoms with van der Waals surface area (Å²) < 4.78 is 28.8. The maximum Gasteiger partial charge on any atom is 0.241 e. The Morgan fingerprint density at radius 1 is 0.552 bits per heavy atom. The van der Waals surface area contributed by atoms with Crippen LogP contribution < -0.4 is 4.72 Å². The molecule has 29 heavy (non-hydrogen) atoms. The molecule has 4 aromatic carbocycles. The topological polar surface area (TPSA) is 46.2 Å². The lowest BCUT2D eigenvalue weighted by Crippen LogP contribution is -2.20. The lowest BCUT2D eigenvalue weighted by molar-refractivity contribution is 0.589. The van der Waals surface area contributed by atoms with Crippen molar-refractivity contribution in [3.05, 3.63) is 103 Å². The summed E-state index contributed by atoms with van der Waals surface area (Å²) in [6.45, 7) is 0.